The minimum atomic E-state index is -5.08. The molecule has 254 valence electrons. The van der Waals surface area contributed by atoms with Crippen LogP contribution in [0, 0.1) is 0 Å². The number of primary amides is 1. The summed E-state index contributed by atoms with van der Waals surface area (Å²) < 4.78 is 75.8. The average molecular weight is 677 g/mol. The van der Waals surface area contributed by atoms with Gasteiger partial charge in [-0.15, -0.1) is 0 Å². The van der Waals surface area contributed by atoms with E-state index in [1.165, 1.54) is 10.9 Å². The van der Waals surface area contributed by atoms with Gasteiger partial charge in [-0.05, 0) is 40.1 Å². The predicted octanol–water partition coefficient (Wildman–Crippen LogP) is 3.54. The van der Waals surface area contributed by atoms with Crippen molar-refractivity contribution in [1.29, 1.82) is 0 Å². The van der Waals surface area contributed by atoms with Gasteiger partial charge in [-0.25, -0.2) is 14.3 Å². The minimum absolute atomic E-state index is 0.229. The Morgan fingerprint density at radius 3 is 1.98 bits per heavy atom. The Kier molecular flexibility index (Phi) is 12.2. The van der Waals surface area contributed by atoms with Gasteiger partial charge in [0.2, 0.25) is 5.95 Å². The predicted molar refractivity (Wildman–Crippen MR) is 151 cm³/mol. The van der Waals surface area contributed by atoms with Gasteiger partial charge in [-0.1, -0.05) is 24.2 Å². The molecule has 4 aromatic rings. The number of aromatic nitrogens is 5. The first-order valence-electron chi connectivity index (χ1n) is 12.7. The maximum Gasteiger partial charge on any atom is 0.490 e. The van der Waals surface area contributed by atoms with Crippen molar-refractivity contribution in [3.63, 3.8) is 0 Å². The fourth-order valence-electron chi connectivity index (χ4n) is 3.78. The summed E-state index contributed by atoms with van der Waals surface area (Å²) in [7, 11) is 3.10. The summed E-state index contributed by atoms with van der Waals surface area (Å²) in [5.41, 5.74) is 15.7. The third-order valence-electron chi connectivity index (χ3n) is 5.89. The number of rotatable bonds is 8. The molecule has 0 radical (unpaired) electrons. The first-order valence-corrected chi connectivity index (χ1v) is 12.7. The number of anilines is 3. The van der Waals surface area contributed by atoms with Crippen molar-refractivity contribution in [2.45, 2.75) is 32.2 Å². The van der Waals surface area contributed by atoms with Gasteiger partial charge in [-0.2, -0.15) is 26.3 Å². The van der Waals surface area contributed by atoms with Crippen LogP contribution in [0.4, 0.5) is 43.7 Å². The van der Waals surface area contributed by atoms with E-state index in [0.717, 1.165) is 16.8 Å². The van der Waals surface area contributed by atoms with Crippen LogP contribution in [0.25, 0.3) is 10.9 Å². The van der Waals surface area contributed by atoms with Gasteiger partial charge in [0.1, 0.15) is 0 Å². The number of benzene rings is 2. The number of pyridine rings is 1. The number of nitrogens with two attached hydrogens (primary N) is 2. The second-order valence-corrected chi connectivity index (χ2v) is 8.86. The van der Waals surface area contributed by atoms with Crippen LogP contribution in [-0.4, -0.2) is 79.8 Å². The lowest BCUT2D eigenvalue weighted by atomic mass is 10.0. The number of hydrogen-bond donors (Lipinski definition) is 5. The minimum Gasteiger partial charge on any atom is -0.493 e. The van der Waals surface area contributed by atoms with Crippen LogP contribution in [0.5, 0.6) is 11.5 Å². The highest BCUT2D eigenvalue weighted by Crippen LogP contribution is 2.38. The number of carbonyl (C=O) groups excluding carboxylic acids is 1. The molecule has 0 spiro atoms. The van der Waals surface area contributed by atoms with Crippen LogP contribution >= 0.6 is 0 Å². The maximum atomic E-state index is 12.3. The molecule has 2 aromatic heterocycles. The third kappa shape index (κ3) is 9.80. The number of methoxy groups -OCH3 is 2. The number of tetrazole rings is 1. The Labute approximate surface area is 260 Å². The lowest BCUT2D eigenvalue weighted by Gasteiger charge is -2.19. The summed E-state index contributed by atoms with van der Waals surface area (Å²) in [6.45, 7) is 2.45. The zero-order valence-electron chi connectivity index (χ0n) is 24.5. The first kappa shape index (κ1) is 37.3. The number of ether oxygens (including phenoxy) is 2. The van der Waals surface area contributed by atoms with E-state index in [0.29, 0.717) is 41.1 Å². The Hall–Kier alpha value is -5.89. The molecule has 4 rings (SSSR count). The summed E-state index contributed by atoms with van der Waals surface area (Å²) in [5, 5.41) is 29.6. The topological polar surface area (TPSA) is 231 Å². The number of alkyl halides is 6. The molecule has 0 fully saturated rings. The highest BCUT2D eigenvalue weighted by Gasteiger charge is 2.38. The monoisotopic (exact) mass is 676 g/mol. The van der Waals surface area contributed by atoms with Crippen LogP contribution in [0.3, 0.4) is 0 Å². The molecule has 0 unspecified atom stereocenters. The number of nitrogens with zero attached hydrogens (tertiary/aromatic N) is 5. The van der Waals surface area contributed by atoms with E-state index in [1.807, 2.05) is 25.1 Å². The van der Waals surface area contributed by atoms with Gasteiger partial charge in [0.15, 0.2) is 11.5 Å². The van der Waals surface area contributed by atoms with Crippen molar-refractivity contribution in [2.75, 3.05) is 25.3 Å². The molecule has 0 aliphatic heterocycles. The standard InChI is InChI=1S/C22H24N8O3.2C2HF3O2/c1-4-13-12(11-30-22(24)27-28-29-30)6-5-7-16(13)26-20-14-8-18(32-2)19(33-3)9-17(14)25-10-15(20)21(23)31;2*3-2(4,5)1(6)7/h5-10H,4,11H2,1-3H3,(H2,23,31)(H,25,26)(H2,24,27,29);2*(H,6,7). The molecule has 0 bridgehead atoms. The summed E-state index contributed by atoms with van der Waals surface area (Å²) >= 11 is 0. The molecule has 0 aliphatic carbocycles. The van der Waals surface area contributed by atoms with Crippen LogP contribution in [0.1, 0.15) is 28.4 Å². The third-order valence-corrected chi connectivity index (χ3v) is 5.89. The molecule has 0 saturated heterocycles. The Morgan fingerprint density at radius 2 is 1.53 bits per heavy atom. The van der Waals surface area contributed by atoms with E-state index < -0.39 is 30.2 Å². The average Bonchev–Trinajstić information content (AvgIpc) is 3.40. The Bertz CT molecular complexity index is 1720. The quantitative estimate of drug-likeness (QED) is 0.168. The fraction of sp³-hybridized carbons (Fsp3) is 0.269. The zero-order valence-corrected chi connectivity index (χ0v) is 24.5. The van der Waals surface area contributed by atoms with Crippen molar-refractivity contribution < 1.29 is 60.4 Å². The highest BCUT2D eigenvalue weighted by molar-refractivity contribution is 6.08. The molecular weight excluding hydrogens is 650 g/mol. The van der Waals surface area contributed by atoms with Gasteiger partial charge in [0.05, 0.1) is 37.5 Å². The van der Waals surface area contributed by atoms with E-state index in [4.69, 9.17) is 40.7 Å². The van der Waals surface area contributed by atoms with Crippen molar-refractivity contribution in [3.05, 3.63) is 53.2 Å². The highest BCUT2D eigenvalue weighted by atomic mass is 19.4. The second kappa shape index (κ2) is 15.4. The number of carboxylic acids is 2. The summed E-state index contributed by atoms with van der Waals surface area (Å²) in [5.74, 6) is -4.84. The van der Waals surface area contributed by atoms with Gasteiger partial charge >= 0.3 is 24.3 Å². The van der Waals surface area contributed by atoms with E-state index in [2.05, 4.69) is 25.8 Å². The van der Waals surface area contributed by atoms with Gasteiger partial charge in [0, 0.05) is 23.3 Å². The smallest absolute Gasteiger partial charge is 0.490 e. The lowest BCUT2D eigenvalue weighted by Crippen LogP contribution is -2.21. The number of halogens is 6. The first-order chi connectivity index (χ1) is 21.8. The van der Waals surface area contributed by atoms with E-state index in [9.17, 15) is 31.1 Å². The van der Waals surface area contributed by atoms with E-state index in [1.54, 1.807) is 26.4 Å². The van der Waals surface area contributed by atoms with Crippen molar-refractivity contribution in [1.82, 2.24) is 25.2 Å². The summed E-state index contributed by atoms with van der Waals surface area (Å²) in [4.78, 5) is 34.4. The number of carboxylic acid groups (broad SMARTS) is 2. The molecule has 1 amide bonds. The molecule has 2 aromatic carbocycles. The number of aliphatic carboxylic acids is 2. The number of hydrogen-bond acceptors (Lipinski definition) is 11. The number of amides is 1. The zero-order chi connectivity index (χ0) is 35.7. The molecular formula is C26H26F6N8O7. The van der Waals surface area contributed by atoms with Crippen LogP contribution in [0.15, 0.2) is 36.5 Å². The van der Waals surface area contributed by atoms with Crippen LogP contribution < -0.4 is 26.3 Å². The fourth-order valence-corrected chi connectivity index (χ4v) is 3.78. The van der Waals surface area contributed by atoms with E-state index >= 15 is 0 Å². The number of nitrogen functional groups attached to an aromatic ring is 1. The van der Waals surface area contributed by atoms with Gasteiger partial charge in [0.25, 0.3) is 5.91 Å². The van der Waals surface area contributed by atoms with Crippen molar-refractivity contribution in [3.8, 4) is 11.5 Å². The van der Waals surface area contributed by atoms with Crippen LogP contribution in [0.2, 0.25) is 0 Å². The molecule has 2 heterocycles. The molecule has 7 N–H and O–H groups in total. The Morgan fingerprint density at radius 1 is 0.979 bits per heavy atom. The molecule has 0 atom stereocenters. The van der Waals surface area contributed by atoms with Crippen molar-refractivity contribution >= 4 is 46.1 Å². The summed E-state index contributed by atoms with van der Waals surface area (Å²) in [6.07, 6.45) is -8.00. The molecule has 47 heavy (non-hydrogen) atoms. The number of carbonyl (C=O) groups is 3. The number of nitrogens with one attached hydrogen (secondary N) is 1. The van der Waals surface area contributed by atoms with Gasteiger partial charge in [-0.3, -0.25) is 9.78 Å². The van der Waals surface area contributed by atoms with Crippen molar-refractivity contribution in [2.24, 2.45) is 5.73 Å². The molecule has 15 nitrogen and oxygen atoms in total. The number of fused-ring (bicyclic) bond motifs is 1. The molecule has 0 aliphatic rings. The largest absolute Gasteiger partial charge is 0.493 e. The Balaban J connectivity index is 0.000000459. The summed E-state index contributed by atoms with van der Waals surface area (Å²) in [6, 6.07) is 9.35. The SMILES string of the molecule is CCc1c(Cn2nnnc2N)cccc1Nc1c(C(N)=O)cnc2cc(OC)c(OC)cc12.O=C(O)C(F)(F)F.O=C(O)C(F)(F)F. The van der Waals surface area contributed by atoms with Crippen LogP contribution in [-0.2, 0) is 22.6 Å². The van der Waals surface area contributed by atoms with Gasteiger partial charge < -0.3 is 36.5 Å². The maximum absolute atomic E-state index is 12.3. The molecule has 0 saturated carbocycles. The second-order valence-electron chi connectivity index (χ2n) is 8.86. The van der Waals surface area contributed by atoms with E-state index in [-0.39, 0.29) is 11.5 Å². The lowest BCUT2D eigenvalue weighted by molar-refractivity contribution is -0.193. The molecule has 21 heteroatoms. The normalized spacial score (nSPS) is 11.0.